The van der Waals surface area contributed by atoms with Gasteiger partial charge in [-0.15, -0.1) is 0 Å². The van der Waals surface area contributed by atoms with E-state index < -0.39 is 16.4 Å². The van der Waals surface area contributed by atoms with Crippen molar-refractivity contribution in [3.8, 4) is 0 Å². The zero-order valence-electron chi connectivity index (χ0n) is 16.7. The number of rotatable bonds is 8. The Morgan fingerprint density at radius 1 is 1.17 bits per heavy atom. The first-order chi connectivity index (χ1) is 10.7. The van der Waals surface area contributed by atoms with Crippen molar-refractivity contribution in [2.75, 3.05) is 6.61 Å². The number of aromatic nitrogens is 3. The van der Waals surface area contributed by atoms with Crippen LogP contribution in [-0.2, 0) is 15.9 Å². The van der Waals surface area contributed by atoms with Gasteiger partial charge in [0.25, 0.3) is 0 Å². The smallest absolute Gasteiger partial charge is 0.197 e. The molecule has 0 aliphatic rings. The first-order valence-electron chi connectivity index (χ1n) is 8.59. The molecule has 0 fully saturated rings. The highest BCUT2D eigenvalue weighted by atomic mass is 79.9. The van der Waals surface area contributed by atoms with Crippen LogP contribution in [0.4, 0.5) is 0 Å². The van der Waals surface area contributed by atoms with Crippen molar-refractivity contribution in [1.82, 2.24) is 14.8 Å². The van der Waals surface area contributed by atoms with Gasteiger partial charge in [-0.1, -0.05) is 40.4 Å². The van der Waals surface area contributed by atoms with E-state index in [0.29, 0.717) is 17.3 Å². The van der Waals surface area contributed by atoms with Crippen molar-refractivity contribution in [1.29, 1.82) is 0 Å². The van der Waals surface area contributed by atoms with Crippen LogP contribution < -0.4 is 0 Å². The van der Waals surface area contributed by atoms with E-state index in [1.54, 1.807) is 4.68 Å². The standard InChI is InChI=1S/C16H34BrN3O2Si2/c1-13(22-24(8,9)16(2,3)4)14-18-15(17)20(19-14)12-21-10-11-23(5,6)7/h13H,10-12H2,1-9H3. The van der Waals surface area contributed by atoms with Crippen molar-refractivity contribution in [3.05, 3.63) is 10.6 Å². The van der Waals surface area contributed by atoms with Gasteiger partial charge >= 0.3 is 0 Å². The van der Waals surface area contributed by atoms with Crippen LogP contribution in [0.5, 0.6) is 0 Å². The normalized spacial score (nSPS) is 14.9. The van der Waals surface area contributed by atoms with Crippen LogP contribution >= 0.6 is 15.9 Å². The predicted octanol–water partition coefficient (Wildman–Crippen LogP) is 5.44. The van der Waals surface area contributed by atoms with Gasteiger partial charge in [0.1, 0.15) is 12.8 Å². The zero-order valence-corrected chi connectivity index (χ0v) is 20.3. The van der Waals surface area contributed by atoms with E-state index in [4.69, 9.17) is 9.16 Å². The fourth-order valence-corrected chi connectivity index (χ4v) is 4.26. The Morgan fingerprint density at radius 3 is 2.25 bits per heavy atom. The van der Waals surface area contributed by atoms with Gasteiger partial charge < -0.3 is 9.16 Å². The Bertz CT molecular complexity index is 536. The summed E-state index contributed by atoms with van der Waals surface area (Å²) in [6.45, 7) is 21.5. The number of hydrogen-bond acceptors (Lipinski definition) is 4. The lowest BCUT2D eigenvalue weighted by molar-refractivity contribution is 0.0756. The molecule has 8 heteroatoms. The van der Waals surface area contributed by atoms with E-state index in [0.717, 1.165) is 12.7 Å². The van der Waals surface area contributed by atoms with Gasteiger partial charge in [0, 0.05) is 14.7 Å². The molecule has 0 aromatic carbocycles. The van der Waals surface area contributed by atoms with Crippen LogP contribution in [0.3, 0.4) is 0 Å². The zero-order chi connectivity index (χ0) is 18.8. The maximum Gasteiger partial charge on any atom is 0.197 e. The molecule has 0 saturated heterocycles. The Morgan fingerprint density at radius 2 is 1.75 bits per heavy atom. The van der Waals surface area contributed by atoms with E-state index in [1.165, 1.54) is 0 Å². The SMILES string of the molecule is CC(O[Si](C)(C)C(C)(C)C)c1nc(Br)n(COCC[Si](C)(C)C)n1. The molecule has 1 aromatic heterocycles. The first-order valence-corrected chi connectivity index (χ1v) is 16.0. The minimum absolute atomic E-state index is 0.120. The molecule has 0 saturated carbocycles. The largest absolute Gasteiger partial charge is 0.407 e. The molecule has 0 spiro atoms. The molecule has 1 unspecified atom stereocenters. The summed E-state index contributed by atoms with van der Waals surface area (Å²) in [5, 5.41) is 4.72. The van der Waals surface area contributed by atoms with Crippen LogP contribution in [0.2, 0.25) is 43.8 Å². The second kappa shape index (κ2) is 8.11. The maximum absolute atomic E-state index is 6.37. The lowest BCUT2D eigenvalue weighted by Crippen LogP contribution is -2.41. The van der Waals surface area contributed by atoms with Crippen LogP contribution in [0.15, 0.2) is 4.73 Å². The molecule has 0 bridgehead atoms. The maximum atomic E-state index is 6.37. The fraction of sp³-hybridized carbons (Fsp3) is 0.875. The average Bonchev–Trinajstić information content (AvgIpc) is 2.73. The molecule has 1 heterocycles. The number of nitrogens with zero attached hydrogens (tertiary/aromatic N) is 3. The van der Waals surface area contributed by atoms with Crippen LogP contribution in [-0.4, -0.2) is 37.8 Å². The second-order valence-electron chi connectivity index (χ2n) is 9.11. The number of ether oxygens (including phenoxy) is 1. The molecular formula is C16H34BrN3O2Si2. The van der Waals surface area contributed by atoms with Gasteiger partial charge in [-0.05, 0) is 47.0 Å². The van der Waals surface area contributed by atoms with Crippen LogP contribution in [0.1, 0.15) is 39.6 Å². The molecule has 0 amide bonds. The van der Waals surface area contributed by atoms with E-state index in [9.17, 15) is 0 Å². The minimum atomic E-state index is -1.84. The Labute approximate surface area is 157 Å². The molecule has 24 heavy (non-hydrogen) atoms. The van der Waals surface area contributed by atoms with Gasteiger partial charge in [0.05, 0.1) is 0 Å². The number of halogens is 1. The van der Waals surface area contributed by atoms with Crippen molar-refractivity contribution < 1.29 is 9.16 Å². The molecule has 1 aromatic rings. The summed E-state index contributed by atoms with van der Waals surface area (Å²) in [5.41, 5.74) is 0. The first kappa shape index (κ1) is 22.0. The van der Waals surface area contributed by atoms with Gasteiger partial charge in [-0.3, -0.25) is 0 Å². The second-order valence-corrected chi connectivity index (χ2v) is 20.2. The molecule has 140 valence electrons. The highest BCUT2D eigenvalue weighted by Gasteiger charge is 2.39. The van der Waals surface area contributed by atoms with Gasteiger partial charge in [0.15, 0.2) is 18.9 Å². The van der Waals surface area contributed by atoms with Gasteiger partial charge in [0.2, 0.25) is 0 Å². The van der Waals surface area contributed by atoms with E-state index in [-0.39, 0.29) is 11.1 Å². The summed E-state index contributed by atoms with van der Waals surface area (Å²) in [4.78, 5) is 4.50. The van der Waals surface area contributed by atoms with E-state index in [1.807, 2.05) is 6.92 Å². The summed E-state index contributed by atoms with van der Waals surface area (Å²) < 4.78 is 14.6. The minimum Gasteiger partial charge on any atom is -0.407 e. The van der Waals surface area contributed by atoms with Gasteiger partial charge in [-0.2, -0.15) is 5.10 Å². The van der Waals surface area contributed by atoms with Crippen molar-refractivity contribution in [3.63, 3.8) is 0 Å². The molecule has 1 atom stereocenters. The monoisotopic (exact) mass is 435 g/mol. The lowest BCUT2D eigenvalue weighted by atomic mass is 10.2. The quantitative estimate of drug-likeness (QED) is 0.402. The number of hydrogen-bond donors (Lipinski definition) is 0. The molecule has 1 rings (SSSR count). The fourth-order valence-electron chi connectivity index (χ4n) is 1.79. The molecule has 0 aliphatic heterocycles. The van der Waals surface area contributed by atoms with Crippen molar-refractivity contribution in [2.45, 2.75) is 84.3 Å². The molecule has 0 N–H and O–H groups in total. The molecule has 5 nitrogen and oxygen atoms in total. The molecular weight excluding hydrogens is 402 g/mol. The van der Waals surface area contributed by atoms with Crippen LogP contribution in [0, 0.1) is 0 Å². The third kappa shape index (κ3) is 6.70. The highest BCUT2D eigenvalue weighted by Crippen LogP contribution is 2.39. The van der Waals surface area contributed by atoms with Crippen LogP contribution in [0.25, 0.3) is 0 Å². The summed E-state index contributed by atoms with van der Waals surface area (Å²) in [5.74, 6) is 0.709. The Kier molecular flexibility index (Phi) is 7.44. The van der Waals surface area contributed by atoms with E-state index in [2.05, 4.69) is 79.5 Å². The Hall–Kier alpha value is -0.0262. The summed E-state index contributed by atoms with van der Waals surface area (Å²) in [6, 6.07) is 1.15. The predicted molar refractivity (Wildman–Crippen MR) is 109 cm³/mol. The molecule has 0 radical (unpaired) electrons. The highest BCUT2D eigenvalue weighted by molar-refractivity contribution is 9.10. The van der Waals surface area contributed by atoms with Crippen molar-refractivity contribution >= 4 is 32.3 Å². The van der Waals surface area contributed by atoms with Crippen molar-refractivity contribution in [2.24, 2.45) is 0 Å². The average molecular weight is 437 g/mol. The van der Waals surface area contributed by atoms with Gasteiger partial charge in [-0.25, -0.2) is 9.67 Å². The summed E-state index contributed by atoms with van der Waals surface area (Å²) in [6.07, 6.45) is -0.120. The lowest BCUT2D eigenvalue weighted by Gasteiger charge is -2.37. The summed E-state index contributed by atoms with van der Waals surface area (Å²) >= 11 is 3.47. The summed E-state index contributed by atoms with van der Waals surface area (Å²) in [7, 11) is -2.91. The third-order valence-electron chi connectivity index (χ3n) is 4.49. The third-order valence-corrected chi connectivity index (χ3v) is 11.3. The topological polar surface area (TPSA) is 49.2 Å². The van der Waals surface area contributed by atoms with E-state index >= 15 is 0 Å². The Balaban J connectivity index is 2.65. The molecule has 0 aliphatic carbocycles.